The summed E-state index contributed by atoms with van der Waals surface area (Å²) in [7, 11) is 0. The Bertz CT molecular complexity index is 237. The van der Waals surface area contributed by atoms with Crippen LogP contribution >= 0.6 is 0 Å². The third kappa shape index (κ3) is 6.42. The molecule has 0 spiro atoms. The van der Waals surface area contributed by atoms with Gasteiger partial charge in [0.15, 0.2) is 0 Å². The van der Waals surface area contributed by atoms with Crippen LogP contribution in [0.4, 0.5) is 0 Å². The smallest absolute Gasteiger partial charge is 0.323 e. The first-order valence-corrected chi connectivity index (χ1v) is 8.20. The number of carbonyl (C=O) groups is 1. The van der Waals surface area contributed by atoms with Crippen LogP contribution in [0.3, 0.4) is 0 Å². The normalized spacial score (nSPS) is 18.2. The Balaban J connectivity index is 2.43. The predicted octanol–water partition coefficient (Wildman–Crippen LogP) is 3.76. The summed E-state index contributed by atoms with van der Waals surface area (Å²) in [4.78, 5) is 14.6. The Morgan fingerprint density at radius 3 is 2.42 bits per heavy atom. The number of nitrogens with zero attached hydrogens (tertiary/aromatic N) is 1. The lowest BCUT2D eigenvalue weighted by Gasteiger charge is -2.33. The summed E-state index contributed by atoms with van der Waals surface area (Å²) in [5.74, 6) is 0.0141. The van der Waals surface area contributed by atoms with E-state index >= 15 is 0 Å². The average Bonchev–Trinajstić information content (AvgIpc) is 2.46. The molecule has 1 fully saturated rings. The summed E-state index contributed by atoms with van der Waals surface area (Å²) >= 11 is 0. The number of unbranched alkanes of at least 4 members (excludes halogenated alkanes) is 3. The highest BCUT2D eigenvalue weighted by molar-refractivity contribution is 5.75. The van der Waals surface area contributed by atoms with Crippen LogP contribution in [-0.2, 0) is 9.53 Å². The zero-order chi connectivity index (χ0) is 13.9. The molecule has 0 N–H and O–H groups in total. The number of rotatable bonds is 9. The Kier molecular flexibility index (Phi) is 8.89. The number of hydrogen-bond acceptors (Lipinski definition) is 3. The zero-order valence-electron chi connectivity index (χ0n) is 12.8. The van der Waals surface area contributed by atoms with E-state index in [2.05, 4.69) is 11.8 Å². The summed E-state index contributed by atoms with van der Waals surface area (Å²) in [6.07, 6.45) is 10.6. The van der Waals surface area contributed by atoms with Crippen molar-refractivity contribution in [3.63, 3.8) is 0 Å². The molecule has 1 atom stereocenters. The number of ether oxygens (including phenoxy) is 1. The Morgan fingerprint density at radius 1 is 1.05 bits per heavy atom. The monoisotopic (exact) mass is 269 g/mol. The van der Waals surface area contributed by atoms with Gasteiger partial charge in [0, 0.05) is 0 Å². The molecule has 1 heterocycles. The second kappa shape index (κ2) is 10.2. The molecule has 3 nitrogen and oxygen atoms in total. The van der Waals surface area contributed by atoms with Crippen LogP contribution in [0.1, 0.15) is 71.6 Å². The molecule has 0 aromatic heterocycles. The Morgan fingerprint density at radius 2 is 1.79 bits per heavy atom. The fourth-order valence-electron chi connectivity index (χ4n) is 2.74. The SMILES string of the molecule is CCCCCCC(C(=O)OCCC)N1CCCCC1. The van der Waals surface area contributed by atoms with Crippen molar-refractivity contribution in [3.05, 3.63) is 0 Å². The van der Waals surface area contributed by atoms with E-state index in [1.165, 1.54) is 38.5 Å². The van der Waals surface area contributed by atoms with Gasteiger partial charge in [-0.05, 0) is 38.8 Å². The van der Waals surface area contributed by atoms with Crippen molar-refractivity contribution in [1.82, 2.24) is 4.90 Å². The quantitative estimate of drug-likeness (QED) is 0.471. The van der Waals surface area contributed by atoms with Gasteiger partial charge in [0.05, 0.1) is 6.61 Å². The highest BCUT2D eigenvalue weighted by atomic mass is 16.5. The summed E-state index contributed by atoms with van der Waals surface area (Å²) < 4.78 is 5.38. The molecule has 1 aliphatic rings. The standard InChI is InChI=1S/C16H31NO2/c1-3-5-6-8-11-15(16(18)19-14-4-2)17-12-9-7-10-13-17/h15H,3-14H2,1-2H3. The molecule has 0 aromatic rings. The van der Waals surface area contributed by atoms with Gasteiger partial charge in [-0.2, -0.15) is 0 Å². The molecule has 19 heavy (non-hydrogen) atoms. The van der Waals surface area contributed by atoms with Gasteiger partial charge in [0.1, 0.15) is 6.04 Å². The summed E-state index contributed by atoms with van der Waals surface area (Å²) in [6, 6.07) is 0.0173. The number of likely N-dealkylation sites (tertiary alicyclic amines) is 1. The number of carbonyl (C=O) groups excluding carboxylic acids is 1. The molecule has 0 aliphatic carbocycles. The number of hydrogen-bond donors (Lipinski definition) is 0. The fourth-order valence-corrected chi connectivity index (χ4v) is 2.74. The lowest BCUT2D eigenvalue weighted by molar-refractivity contribution is -0.150. The minimum absolute atomic E-state index is 0.0141. The number of esters is 1. The van der Waals surface area contributed by atoms with Crippen molar-refractivity contribution in [2.24, 2.45) is 0 Å². The first-order chi connectivity index (χ1) is 9.29. The van der Waals surface area contributed by atoms with E-state index in [1.807, 2.05) is 6.92 Å². The van der Waals surface area contributed by atoms with Gasteiger partial charge in [-0.3, -0.25) is 9.69 Å². The van der Waals surface area contributed by atoms with Crippen molar-refractivity contribution < 1.29 is 9.53 Å². The molecule has 0 aromatic carbocycles. The van der Waals surface area contributed by atoms with Crippen LogP contribution in [0.5, 0.6) is 0 Å². The van der Waals surface area contributed by atoms with E-state index in [9.17, 15) is 4.79 Å². The highest BCUT2D eigenvalue weighted by Crippen LogP contribution is 2.18. The second-order valence-corrected chi connectivity index (χ2v) is 5.63. The van der Waals surface area contributed by atoms with Crippen molar-refractivity contribution >= 4 is 5.97 Å². The fraction of sp³-hybridized carbons (Fsp3) is 0.938. The molecule has 1 aliphatic heterocycles. The molecule has 0 bridgehead atoms. The van der Waals surface area contributed by atoms with Crippen LogP contribution in [0, 0.1) is 0 Å². The molecule has 0 radical (unpaired) electrons. The van der Waals surface area contributed by atoms with Gasteiger partial charge in [-0.25, -0.2) is 0 Å². The molecular formula is C16H31NO2. The zero-order valence-corrected chi connectivity index (χ0v) is 12.8. The van der Waals surface area contributed by atoms with Crippen molar-refractivity contribution in [1.29, 1.82) is 0 Å². The minimum atomic E-state index is 0.0141. The molecular weight excluding hydrogens is 238 g/mol. The highest BCUT2D eigenvalue weighted by Gasteiger charge is 2.27. The van der Waals surface area contributed by atoms with E-state index in [0.717, 1.165) is 32.4 Å². The summed E-state index contributed by atoms with van der Waals surface area (Å²) in [5, 5.41) is 0. The topological polar surface area (TPSA) is 29.5 Å². The Labute approximate surface area is 118 Å². The molecule has 3 heteroatoms. The summed E-state index contributed by atoms with van der Waals surface area (Å²) in [5.41, 5.74) is 0. The summed E-state index contributed by atoms with van der Waals surface area (Å²) in [6.45, 7) is 6.97. The minimum Gasteiger partial charge on any atom is -0.465 e. The van der Waals surface area contributed by atoms with Crippen molar-refractivity contribution in [2.75, 3.05) is 19.7 Å². The van der Waals surface area contributed by atoms with Gasteiger partial charge in [0.25, 0.3) is 0 Å². The predicted molar refractivity (Wildman–Crippen MR) is 79.2 cm³/mol. The molecule has 1 rings (SSSR count). The van der Waals surface area contributed by atoms with Crippen LogP contribution in [0.25, 0.3) is 0 Å². The Hall–Kier alpha value is -0.570. The van der Waals surface area contributed by atoms with E-state index in [1.54, 1.807) is 0 Å². The van der Waals surface area contributed by atoms with Crippen LogP contribution < -0.4 is 0 Å². The molecule has 1 saturated heterocycles. The maximum Gasteiger partial charge on any atom is 0.323 e. The second-order valence-electron chi connectivity index (χ2n) is 5.63. The third-order valence-electron chi connectivity index (χ3n) is 3.88. The van der Waals surface area contributed by atoms with Crippen LogP contribution in [-0.4, -0.2) is 36.6 Å². The average molecular weight is 269 g/mol. The van der Waals surface area contributed by atoms with Crippen molar-refractivity contribution in [2.45, 2.75) is 77.7 Å². The lowest BCUT2D eigenvalue weighted by atomic mass is 10.0. The molecule has 0 saturated carbocycles. The van der Waals surface area contributed by atoms with Crippen molar-refractivity contribution in [3.8, 4) is 0 Å². The van der Waals surface area contributed by atoms with E-state index in [-0.39, 0.29) is 12.0 Å². The van der Waals surface area contributed by atoms with E-state index < -0.39 is 0 Å². The van der Waals surface area contributed by atoms with E-state index in [0.29, 0.717) is 6.61 Å². The number of piperidine rings is 1. The van der Waals surface area contributed by atoms with Gasteiger partial charge >= 0.3 is 5.97 Å². The van der Waals surface area contributed by atoms with Crippen LogP contribution in [0.2, 0.25) is 0 Å². The van der Waals surface area contributed by atoms with Gasteiger partial charge in [-0.15, -0.1) is 0 Å². The van der Waals surface area contributed by atoms with Crippen LogP contribution in [0.15, 0.2) is 0 Å². The third-order valence-corrected chi connectivity index (χ3v) is 3.88. The first kappa shape index (κ1) is 16.5. The molecule has 112 valence electrons. The van der Waals surface area contributed by atoms with Gasteiger partial charge in [-0.1, -0.05) is 46.0 Å². The van der Waals surface area contributed by atoms with Gasteiger partial charge in [0.2, 0.25) is 0 Å². The first-order valence-electron chi connectivity index (χ1n) is 8.20. The maximum atomic E-state index is 12.2. The maximum absolute atomic E-state index is 12.2. The molecule has 0 amide bonds. The van der Waals surface area contributed by atoms with Gasteiger partial charge < -0.3 is 4.74 Å². The van der Waals surface area contributed by atoms with E-state index in [4.69, 9.17) is 4.74 Å². The largest absolute Gasteiger partial charge is 0.465 e. The molecule has 1 unspecified atom stereocenters. The lowest BCUT2D eigenvalue weighted by Crippen LogP contribution is -2.45.